The first-order valence-electron chi connectivity index (χ1n) is 6.78. The van der Waals surface area contributed by atoms with Gasteiger partial charge in [-0.05, 0) is 24.6 Å². The molecule has 0 aliphatic heterocycles. The third-order valence-electron chi connectivity index (χ3n) is 2.57. The summed E-state index contributed by atoms with van der Waals surface area (Å²) in [4.78, 5) is 0. The molecule has 4 nitrogen and oxygen atoms in total. The van der Waals surface area contributed by atoms with E-state index in [-0.39, 0.29) is 0 Å². The van der Waals surface area contributed by atoms with Crippen LogP contribution >= 0.6 is 0 Å². The van der Waals surface area contributed by atoms with Crippen molar-refractivity contribution in [3.8, 4) is 11.5 Å². The smallest absolute Gasteiger partial charge is 0.161 e. The molecule has 0 heterocycles. The molecule has 0 radical (unpaired) electrons. The molecular weight excluding hydrogens is 242 g/mol. The Hall–Kier alpha value is -1.26. The molecule has 0 fully saturated rings. The highest BCUT2D eigenvalue weighted by Crippen LogP contribution is 2.28. The molecule has 1 N–H and O–H groups in total. The van der Waals surface area contributed by atoms with Gasteiger partial charge in [-0.1, -0.05) is 19.9 Å². The minimum Gasteiger partial charge on any atom is -0.490 e. The van der Waals surface area contributed by atoms with Gasteiger partial charge in [0.2, 0.25) is 0 Å². The third kappa shape index (κ3) is 5.94. The second-order valence-electron chi connectivity index (χ2n) is 4.59. The summed E-state index contributed by atoms with van der Waals surface area (Å²) in [5.41, 5.74) is 1.19. The Bertz CT molecular complexity index is 366. The standard InChI is InChI=1S/C15H25NO3/c1-5-18-15-10-13(11-16-12(2)3)6-7-14(15)19-9-8-17-4/h6-7,10,12,16H,5,8-9,11H2,1-4H3. The lowest BCUT2D eigenvalue weighted by Gasteiger charge is -2.14. The van der Waals surface area contributed by atoms with Crippen molar-refractivity contribution in [1.82, 2.24) is 5.32 Å². The van der Waals surface area contributed by atoms with Gasteiger partial charge in [0.15, 0.2) is 11.5 Å². The van der Waals surface area contributed by atoms with Crippen molar-refractivity contribution >= 4 is 0 Å². The number of hydrogen-bond donors (Lipinski definition) is 1. The first kappa shape index (κ1) is 15.8. The average molecular weight is 267 g/mol. The van der Waals surface area contributed by atoms with E-state index in [0.717, 1.165) is 18.0 Å². The molecule has 0 atom stereocenters. The van der Waals surface area contributed by atoms with Crippen LogP contribution in [0.25, 0.3) is 0 Å². The lowest BCUT2D eigenvalue weighted by molar-refractivity contribution is 0.143. The van der Waals surface area contributed by atoms with E-state index in [9.17, 15) is 0 Å². The zero-order valence-corrected chi connectivity index (χ0v) is 12.4. The molecule has 19 heavy (non-hydrogen) atoms. The van der Waals surface area contributed by atoms with Crippen LogP contribution in [-0.4, -0.2) is 33.0 Å². The lowest BCUT2D eigenvalue weighted by atomic mass is 10.2. The van der Waals surface area contributed by atoms with Gasteiger partial charge in [0.1, 0.15) is 6.61 Å². The Morgan fingerprint density at radius 2 is 1.89 bits per heavy atom. The van der Waals surface area contributed by atoms with Gasteiger partial charge in [-0.15, -0.1) is 0 Å². The number of benzene rings is 1. The Balaban J connectivity index is 2.69. The van der Waals surface area contributed by atoms with Crippen LogP contribution in [0.5, 0.6) is 11.5 Å². The molecule has 108 valence electrons. The molecule has 0 aliphatic rings. The zero-order valence-electron chi connectivity index (χ0n) is 12.4. The highest BCUT2D eigenvalue weighted by Gasteiger charge is 2.07. The number of hydrogen-bond acceptors (Lipinski definition) is 4. The number of ether oxygens (including phenoxy) is 3. The number of nitrogens with one attached hydrogen (secondary N) is 1. The maximum atomic E-state index is 5.64. The summed E-state index contributed by atoms with van der Waals surface area (Å²) in [5.74, 6) is 1.56. The molecule has 1 rings (SSSR count). The van der Waals surface area contributed by atoms with E-state index in [1.807, 2.05) is 19.1 Å². The molecule has 0 amide bonds. The predicted molar refractivity (Wildman–Crippen MR) is 77.0 cm³/mol. The monoisotopic (exact) mass is 267 g/mol. The minimum atomic E-state index is 0.466. The third-order valence-corrected chi connectivity index (χ3v) is 2.57. The number of methoxy groups -OCH3 is 1. The SMILES string of the molecule is CCOc1cc(CNC(C)C)ccc1OCCOC. The van der Waals surface area contributed by atoms with Crippen molar-refractivity contribution in [3.63, 3.8) is 0 Å². The molecule has 0 aliphatic carbocycles. The maximum Gasteiger partial charge on any atom is 0.161 e. The van der Waals surface area contributed by atoms with Crippen molar-refractivity contribution in [1.29, 1.82) is 0 Å². The summed E-state index contributed by atoms with van der Waals surface area (Å²) in [7, 11) is 1.66. The van der Waals surface area contributed by atoms with Crippen molar-refractivity contribution in [2.24, 2.45) is 0 Å². The van der Waals surface area contributed by atoms with Gasteiger partial charge in [-0.3, -0.25) is 0 Å². The second-order valence-corrected chi connectivity index (χ2v) is 4.59. The fourth-order valence-electron chi connectivity index (χ4n) is 1.61. The molecule has 0 saturated heterocycles. The van der Waals surface area contributed by atoms with Crippen LogP contribution in [0.1, 0.15) is 26.3 Å². The second kappa shape index (κ2) is 8.77. The van der Waals surface area contributed by atoms with Crippen LogP contribution in [0.15, 0.2) is 18.2 Å². The zero-order chi connectivity index (χ0) is 14.1. The summed E-state index contributed by atoms with van der Waals surface area (Å²) in [6.45, 7) is 8.79. The van der Waals surface area contributed by atoms with Crippen molar-refractivity contribution in [2.75, 3.05) is 26.9 Å². The summed E-state index contributed by atoms with van der Waals surface area (Å²) >= 11 is 0. The van der Waals surface area contributed by atoms with Gasteiger partial charge in [0.25, 0.3) is 0 Å². The van der Waals surface area contributed by atoms with E-state index in [1.165, 1.54) is 5.56 Å². The first-order chi connectivity index (χ1) is 9.17. The van der Waals surface area contributed by atoms with E-state index in [1.54, 1.807) is 7.11 Å². The van der Waals surface area contributed by atoms with Crippen LogP contribution in [0.2, 0.25) is 0 Å². The van der Waals surface area contributed by atoms with E-state index in [2.05, 4.69) is 25.2 Å². The van der Waals surface area contributed by atoms with E-state index in [0.29, 0.717) is 25.9 Å². The molecule has 0 spiro atoms. The van der Waals surface area contributed by atoms with E-state index >= 15 is 0 Å². The Labute approximate surface area is 116 Å². The van der Waals surface area contributed by atoms with Crippen molar-refractivity contribution < 1.29 is 14.2 Å². The van der Waals surface area contributed by atoms with Crippen molar-refractivity contribution in [2.45, 2.75) is 33.4 Å². The topological polar surface area (TPSA) is 39.7 Å². The molecule has 0 bridgehead atoms. The van der Waals surface area contributed by atoms with Crippen LogP contribution in [0.3, 0.4) is 0 Å². The largest absolute Gasteiger partial charge is 0.490 e. The van der Waals surface area contributed by atoms with Gasteiger partial charge >= 0.3 is 0 Å². The maximum absolute atomic E-state index is 5.64. The number of rotatable bonds is 9. The van der Waals surface area contributed by atoms with Gasteiger partial charge in [0, 0.05) is 19.7 Å². The normalized spacial score (nSPS) is 10.8. The molecule has 1 aromatic rings. The average Bonchev–Trinajstić information content (AvgIpc) is 2.39. The molecule has 0 unspecified atom stereocenters. The first-order valence-corrected chi connectivity index (χ1v) is 6.78. The summed E-state index contributed by atoms with van der Waals surface area (Å²) in [6, 6.07) is 6.51. The Kier molecular flexibility index (Phi) is 7.30. The molecular formula is C15H25NO3. The molecule has 0 aromatic heterocycles. The summed E-state index contributed by atoms with van der Waals surface area (Å²) in [5, 5.41) is 3.39. The quantitative estimate of drug-likeness (QED) is 0.698. The highest BCUT2D eigenvalue weighted by atomic mass is 16.5. The Morgan fingerprint density at radius 3 is 2.53 bits per heavy atom. The van der Waals surface area contributed by atoms with Gasteiger partial charge < -0.3 is 19.5 Å². The fraction of sp³-hybridized carbons (Fsp3) is 0.600. The molecule has 1 aromatic carbocycles. The van der Waals surface area contributed by atoms with E-state index in [4.69, 9.17) is 14.2 Å². The van der Waals surface area contributed by atoms with Gasteiger partial charge in [0.05, 0.1) is 13.2 Å². The van der Waals surface area contributed by atoms with Crippen LogP contribution in [0, 0.1) is 0 Å². The summed E-state index contributed by atoms with van der Waals surface area (Å²) < 4.78 is 16.2. The minimum absolute atomic E-state index is 0.466. The van der Waals surface area contributed by atoms with Crippen molar-refractivity contribution in [3.05, 3.63) is 23.8 Å². The van der Waals surface area contributed by atoms with Crippen LogP contribution in [0.4, 0.5) is 0 Å². The lowest BCUT2D eigenvalue weighted by Crippen LogP contribution is -2.21. The highest BCUT2D eigenvalue weighted by molar-refractivity contribution is 5.43. The van der Waals surface area contributed by atoms with Crippen LogP contribution < -0.4 is 14.8 Å². The van der Waals surface area contributed by atoms with Crippen LogP contribution in [-0.2, 0) is 11.3 Å². The van der Waals surface area contributed by atoms with Gasteiger partial charge in [-0.25, -0.2) is 0 Å². The van der Waals surface area contributed by atoms with Gasteiger partial charge in [-0.2, -0.15) is 0 Å². The molecule has 4 heteroatoms. The Morgan fingerprint density at radius 1 is 1.11 bits per heavy atom. The molecule has 0 saturated carbocycles. The fourth-order valence-corrected chi connectivity index (χ4v) is 1.61. The predicted octanol–water partition coefficient (Wildman–Crippen LogP) is 2.61. The van der Waals surface area contributed by atoms with E-state index < -0.39 is 0 Å². The summed E-state index contributed by atoms with van der Waals surface area (Å²) in [6.07, 6.45) is 0.